The highest BCUT2D eigenvalue weighted by molar-refractivity contribution is 6.00. The van der Waals surface area contributed by atoms with Crippen molar-refractivity contribution in [2.45, 2.75) is 26.7 Å². The average Bonchev–Trinajstić information content (AvgIpc) is 2.55. The lowest BCUT2D eigenvalue weighted by Gasteiger charge is -2.28. The molecule has 0 saturated heterocycles. The maximum absolute atomic E-state index is 12.5. The van der Waals surface area contributed by atoms with Gasteiger partial charge in [0.15, 0.2) is 5.41 Å². The van der Waals surface area contributed by atoms with E-state index in [1.165, 1.54) is 6.08 Å². The van der Waals surface area contributed by atoms with Crippen LogP contribution in [0.4, 0.5) is 0 Å². The third-order valence-corrected chi connectivity index (χ3v) is 3.49. The molecule has 0 N–H and O–H groups in total. The number of hydrogen-bond donors (Lipinski definition) is 0. The molecule has 1 aromatic rings. The van der Waals surface area contributed by atoms with Crippen molar-refractivity contribution in [3.05, 3.63) is 42.5 Å². The van der Waals surface area contributed by atoms with Crippen LogP contribution in [0.2, 0.25) is 0 Å². The molecule has 0 unspecified atom stereocenters. The van der Waals surface area contributed by atoms with Gasteiger partial charge in [0.25, 0.3) is 0 Å². The van der Waals surface area contributed by atoms with Gasteiger partial charge in [-0.2, -0.15) is 0 Å². The van der Waals surface area contributed by atoms with Crippen molar-refractivity contribution in [1.29, 1.82) is 0 Å². The van der Waals surface area contributed by atoms with Gasteiger partial charge >= 0.3 is 11.9 Å². The molecule has 0 aliphatic rings. The Balaban J connectivity index is 3.20. The molecule has 1 aromatic carbocycles. The fourth-order valence-corrected chi connectivity index (χ4v) is 2.34. The predicted molar refractivity (Wildman–Crippen MR) is 87.2 cm³/mol. The number of hydrogen-bond acceptors (Lipinski definition) is 5. The van der Waals surface area contributed by atoms with Gasteiger partial charge in [0.2, 0.25) is 0 Å². The first kappa shape index (κ1) is 18.7. The third-order valence-electron chi connectivity index (χ3n) is 3.49. The van der Waals surface area contributed by atoms with Crippen LogP contribution in [0.5, 0.6) is 5.75 Å². The maximum atomic E-state index is 12.5. The quantitative estimate of drug-likeness (QED) is 0.398. The van der Waals surface area contributed by atoms with Crippen molar-refractivity contribution in [2.75, 3.05) is 20.3 Å². The van der Waals surface area contributed by atoms with Gasteiger partial charge in [0.05, 0.1) is 20.3 Å². The summed E-state index contributed by atoms with van der Waals surface area (Å²) in [5, 5.41) is 0. The van der Waals surface area contributed by atoms with Crippen LogP contribution < -0.4 is 4.74 Å². The minimum Gasteiger partial charge on any atom is -0.497 e. The molecule has 0 bridgehead atoms. The fraction of sp³-hybridized carbons (Fsp3) is 0.444. The van der Waals surface area contributed by atoms with Crippen LogP contribution in [0, 0.1) is 5.41 Å². The summed E-state index contributed by atoms with van der Waals surface area (Å²) in [6.07, 6.45) is 1.87. The molecular weight excluding hydrogens is 296 g/mol. The Labute approximate surface area is 137 Å². The Kier molecular flexibility index (Phi) is 7.32. The Bertz CT molecular complexity index is 515. The van der Waals surface area contributed by atoms with Crippen LogP contribution in [0.25, 0.3) is 0 Å². The minimum absolute atomic E-state index is 0.149. The molecule has 0 radical (unpaired) electrons. The van der Waals surface area contributed by atoms with Crippen molar-refractivity contribution in [3.63, 3.8) is 0 Å². The first-order chi connectivity index (χ1) is 11.0. The molecule has 5 heteroatoms. The lowest BCUT2D eigenvalue weighted by molar-refractivity contribution is -0.171. The number of carbonyl (C=O) groups is 2. The van der Waals surface area contributed by atoms with E-state index in [0.29, 0.717) is 5.75 Å². The van der Waals surface area contributed by atoms with Crippen molar-refractivity contribution >= 4 is 11.9 Å². The van der Waals surface area contributed by atoms with Gasteiger partial charge in [0.1, 0.15) is 5.75 Å². The Hall–Kier alpha value is -2.30. The molecule has 23 heavy (non-hydrogen) atoms. The number of esters is 2. The van der Waals surface area contributed by atoms with Crippen molar-refractivity contribution < 1.29 is 23.8 Å². The summed E-state index contributed by atoms with van der Waals surface area (Å²) < 4.78 is 15.4. The molecule has 0 amide bonds. The molecule has 0 aromatic heterocycles. The molecule has 5 nitrogen and oxygen atoms in total. The van der Waals surface area contributed by atoms with Gasteiger partial charge in [0, 0.05) is 0 Å². The van der Waals surface area contributed by atoms with Gasteiger partial charge in [-0.3, -0.25) is 9.59 Å². The van der Waals surface area contributed by atoms with E-state index in [2.05, 4.69) is 6.58 Å². The number of rotatable bonds is 9. The monoisotopic (exact) mass is 320 g/mol. The highest BCUT2D eigenvalue weighted by Crippen LogP contribution is 2.32. The molecule has 126 valence electrons. The zero-order chi connectivity index (χ0) is 17.3. The Morgan fingerprint density at radius 3 is 2.00 bits per heavy atom. The second-order valence-corrected chi connectivity index (χ2v) is 5.04. The maximum Gasteiger partial charge on any atom is 0.324 e. The number of carbonyl (C=O) groups excluding carboxylic acids is 2. The van der Waals surface area contributed by atoms with Gasteiger partial charge in [-0.15, -0.1) is 6.58 Å². The van der Waals surface area contributed by atoms with Gasteiger partial charge in [-0.05, 0) is 44.4 Å². The summed E-state index contributed by atoms with van der Waals surface area (Å²) in [5.41, 5.74) is -0.601. The van der Waals surface area contributed by atoms with E-state index in [9.17, 15) is 9.59 Å². The molecule has 0 fully saturated rings. The van der Waals surface area contributed by atoms with Crippen molar-refractivity contribution in [2.24, 2.45) is 5.41 Å². The molecule has 0 aliphatic carbocycles. The lowest BCUT2D eigenvalue weighted by Crippen LogP contribution is -2.43. The first-order valence-electron chi connectivity index (χ1n) is 7.62. The van der Waals surface area contributed by atoms with Crippen LogP contribution in [0.15, 0.2) is 36.9 Å². The van der Waals surface area contributed by atoms with Crippen LogP contribution in [-0.2, 0) is 25.5 Å². The number of methoxy groups -OCH3 is 1. The van der Waals surface area contributed by atoms with Gasteiger partial charge in [-0.1, -0.05) is 18.2 Å². The van der Waals surface area contributed by atoms with Crippen LogP contribution in [0.3, 0.4) is 0 Å². The summed E-state index contributed by atoms with van der Waals surface area (Å²) in [7, 11) is 1.58. The summed E-state index contributed by atoms with van der Waals surface area (Å²) in [6.45, 7) is 7.46. The Morgan fingerprint density at radius 1 is 1.09 bits per heavy atom. The summed E-state index contributed by atoms with van der Waals surface area (Å²) in [6, 6.07) is 7.19. The van der Waals surface area contributed by atoms with Gasteiger partial charge < -0.3 is 14.2 Å². The van der Waals surface area contributed by atoms with Gasteiger partial charge in [-0.25, -0.2) is 0 Å². The van der Waals surface area contributed by atoms with E-state index in [-0.39, 0.29) is 26.1 Å². The molecule has 0 saturated carbocycles. The number of allylic oxidation sites excluding steroid dienone is 1. The van der Waals surface area contributed by atoms with E-state index in [0.717, 1.165) is 5.56 Å². The lowest BCUT2D eigenvalue weighted by atomic mass is 9.78. The number of benzene rings is 1. The van der Waals surface area contributed by atoms with Crippen molar-refractivity contribution in [1.82, 2.24) is 0 Å². The van der Waals surface area contributed by atoms with Crippen LogP contribution in [-0.4, -0.2) is 32.3 Å². The molecule has 0 aliphatic heterocycles. The van der Waals surface area contributed by atoms with E-state index >= 15 is 0 Å². The standard InChI is InChI=1S/C18H24O5/c1-5-12-18(16(19)22-6-2,17(20)23-7-3)13-14-8-10-15(21-4)11-9-14/h5,8-11H,1,6-7,12-13H2,2-4H3. The number of ether oxygens (including phenoxy) is 3. The highest BCUT2D eigenvalue weighted by Gasteiger charge is 2.47. The molecule has 1 rings (SSSR count). The summed E-state index contributed by atoms with van der Waals surface area (Å²) >= 11 is 0. The second-order valence-electron chi connectivity index (χ2n) is 5.04. The smallest absolute Gasteiger partial charge is 0.324 e. The van der Waals surface area contributed by atoms with E-state index in [1.807, 2.05) is 12.1 Å². The molecular formula is C18H24O5. The molecule has 0 atom stereocenters. The predicted octanol–water partition coefficient (Wildman–Crippen LogP) is 2.93. The highest BCUT2D eigenvalue weighted by atomic mass is 16.6. The molecule has 0 spiro atoms. The van der Waals surface area contributed by atoms with Crippen LogP contribution >= 0.6 is 0 Å². The minimum atomic E-state index is -1.41. The summed E-state index contributed by atoms with van der Waals surface area (Å²) in [4.78, 5) is 25.0. The first-order valence-corrected chi connectivity index (χ1v) is 7.62. The topological polar surface area (TPSA) is 61.8 Å². The van der Waals surface area contributed by atoms with Crippen molar-refractivity contribution in [3.8, 4) is 5.75 Å². The SMILES string of the molecule is C=CCC(Cc1ccc(OC)cc1)(C(=O)OCC)C(=O)OCC. The normalized spacial score (nSPS) is 10.7. The zero-order valence-electron chi connectivity index (χ0n) is 14.0. The Morgan fingerprint density at radius 2 is 1.61 bits per heavy atom. The van der Waals surface area contributed by atoms with E-state index in [1.54, 1.807) is 33.1 Å². The largest absolute Gasteiger partial charge is 0.497 e. The summed E-state index contributed by atoms with van der Waals surface area (Å²) in [5.74, 6) is -0.473. The fourth-order valence-electron chi connectivity index (χ4n) is 2.34. The third kappa shape index (κ3) is 4.58. The van der Waals surface area contributed by atoms with Crippen LogP contribution in [0.1, 0.15) is 25.8 Å². The van der Waals surface area contributed by atoms with E-state index < -0.39 is 17.4 Å². The zero-order valence-corrected chi connectivity index (χ0v) is 14.0. The molecule has 0 heterocycles. The second kappa shape index (κ2) is 8.98. The average molecular weight is 320 g/mol. The van der Waals surface area contributed by atoms with E-state index in [4.69, 9.17) is 14.2 Å².